The van der Waals surface area contributed by atoms with Crippen LogP contribution in [-0.4, -0.2) is 4.98 Å². The summed E-state index contributed by atoms with van der Waals surface area (Å²) in [7, 11) is 0. The highest BCUT2D eigenvalue weighted by atomic mass is 79.9. The van der Waals surface area contributed by atoms with Crippen molar-refractivity contribution in [3.63, 3.8) is 0 Å². The largest absolute Gasteiger partial charge is 0.438 e. The molecule has 0 saturated heterocycles. The van der Waals surface area contributed by atoms with Crippen molar-refractivity contribution in [3.05, 3.63) is 51.0 Å². The molecule has 2 rings (SSSR count). The highest BCUT2D eigenvalue weighted by Gasteiger charge is 2.35. The summed E-state index contributed by atoms with van der Waals surface area (Å²) >= 11 is 6.18. The quantitative estimate of drug-likeness (QED) is 0.676. The Bertz CT molecular complexity index is 602. The van der Waals surface area contributed by atoms with Gasteiger partial charge >= 0.3 is 6.18 Å². The van der Waals surface area contributed by atoms with Gasteiger partial charge in [0.25, 0.3) is 0 Å². The van der Waals surface area contributed by atoms with Crippen LogP contribution in [0.3, 0.4) is 0 Å². The summed E-state index contributed by atoms with van der Waals surface area (Å²) in [6, 6.07) is 7.44. The van der Waals surface area contributed by atoms with Crippen molar-refractivity contribution in [2.75, 3.05) is 0 Å². The minimum atomic E-state index is -4.53. The molecule has 7 heteroatoms. The van der Waals surface area contributed by atoms with Gasteiger partial charge in [0.1, 0.15) is 11.3 Å². The Morgan fingerprint density at radius 2 is 1.79 bits per heavy atom. The van der Waals surface area contributed by atoms with Gasteiger partial charge in [-0.15, -0.1) is 0 Å². The maximum Gasteiger partial charge on any atom is 0.421 e. The Kier molecular flexibility index (Phi) is 4.15. The van der Waals surface area contributed by atoms with Gasteiger partial charge < -0.3 is 4.74 Å². The summed E-state index contributed by atoms with van der Waals surface area (Å²) in [4.78, 5) is 3.67. The van der Waals surface area contributed by atoms with Gasteiger partial charge in [-0.1, -0.05) is 22.0 Å². The summed E-state index contributed by atoms with van der Waals surface area (Å²) in [5, 5.41) is 0. The van der Waals surface area contributed by atoms with Crippen LogP contribution in [0.25, 0.3) is 0 Å². The maximum atomic E-state index is 12.9. The third-order valence-corrected chi connectivity index (χ3v) is 3.06. The zero-order valence-electron chi connectivity index (χ0n) is 9.21. The molecular weight excluding hydrogens is 391 g/mol. The fourth-order valence-corrected chi connectivity index (χ4v) is 2.06. The van der Waals surface area contributed by atoms with Crippen LogP contribution in [0.15, 0.2) is 45.5 Å². The van der Waals surface area contributed by atoms with E-state index in [2.05, 4.69) is 36.8 Å². The zero-order chi connectivity index (χ0) is 14.0. The third kappa shape index (κ3) is 3.70. The number of aromatic nitrogens is 1. The molecule has 0 atom stereocenters. The Hall–Kier alpha value is -1.08. The second-order valence-electron chi connectivity index (χ2n) is 3.56. The molecule has 1 aromatic heterocycles. The Morgan fingerprint density at radius 3 is 2.42 bits per heavy atom. The molecule has 2 nitrogen and oxygen atoms in total. The lowest BCUT2D eigenvalue weighted by Crippen LogP contribution is -2.08. The Labute approximate surface area is 123 Å². The molecule has 100 valence electrons. The summed E-state index contributed by atoms with van der Waals surface area (Å²) in [6.45, 7) is 0. The van der Waals surface area contributed by atoms with Crippen molar-refractivity contribution in [3.8, 4) is 11.6 Å². The predicted octanol–water partition coefficient (Wildman–Crippen LogP) is 5.42. The summed E-state index contributed by atoms with van der Waals surface area (Å²) < 4.78 is 44.7. The van der Waals surface area contributed by atoms with Crippen LogP contribution in [0.1, 0.15) is 5.56 Å². The van der Waals surface area contributed by atoms with Crippen LogP contribution in [0, 0.1) is 0 Å². The van der Waals surface area contributed by atoms with Crippen LogP contribution in [0.4, 0.5) is 13.2 Å². The van der Waals surface area contributed by atoms with Crippen molar-refractivity contribution in [1.29, 1.82) is 0 Å². The number of hydrogen-bond acceptors (Lipinski definition) is 2. The van der Waals surface area contributed by atoms with Gasteiger partial charge in [-0.2, -0.15) is 13.2 Å². The molecule has 19 heavy (non-hydrogen) atoms. The van der Waals surface area contributed by atoms with Gasteiger partial charge in [0, 0.05) is 15.1 Å². The minimum absolute atomic E-state index is 0.237. The summed E-state index contributed by atoms with van der Waals surface area (Å²) in [5.74, 6) is -0.205. The molecule has 0 aliphatic rings. The highest BCUT2D eigenvalue weighted by molar-refractivity contribution is 9.10. The zero-order valence-corrected chi connectivity index (χ0v) is 12.4. The van der Waals surface area contributed by atoms with Gasteiger partial charge in [0.15, 0.2) is 0 Å². The second kappa shape index (κ2) is 5.50. The van der Waals surface area contributed by atoms with Gasteiger partial charge in [0.2, 0.25) is 5.88 Å². The molecule has 1 aromatic carbocycles. The topological polar surface area (TPSA) is 22.1 Å². The molecule has 0 saturated carbocycles. The van der Waals surface area contributed by atoms with E-state index in [1.54, 1.807) is 24.3 Å². The first-order chi connectivity index (χ1) is 8.86. The van der Waals surface area contributed by atoms with E-state index >= 15 is 0 Å². The number of benzene rings is 1. The lowest BCUT2D eigenvalue weighted by Gasteiger charge is -2.12. The molecule has 2 aromatic rings. The van der Waals surface area contributed by atoms with E-state index in [0.29, 0.717) is 4.47 Å². The molecule has 0 bridgehead atoms. The van der Waals surface area contributed by atoms with E-state index < -0.39 is 17.6 Å². The molecule has 0 fully saturated rings. The van der Waals surface area contributed by atoms with Crippen molar-refractivity contribution in [2.24, 2.45) is 0 Å². The smallest absolute Gasteiger partial charge is 0.421 e. The number of hydrogen-bond donors (Lipinski definition) is 0. The second-order valence-corrected chi connectivity index (χ2v) is 5.39. The molecule has 0 radical (unpaired) electrons. The van der Waals surface area contributed by atoms with Gasteiger partial charge in [0.05, 0.1) is 0 Å². The van der Waals surface area contributed by atoms with E-state index in [4.69, 9.17) is 4.74 Å². The van der Waals surface area contributed by atoms with E-state index in [1.807, 2.05) is 0 Å². The molecular formula is C12H6Br2F3NO. The van der Waals surface area contributed by atoms with Crippen LogP contribution >= 0.6 is 31.9 Å². The van der Waals surface area contributed by atoms with E-state index in [1.165, 1.54) is 6.20 Å². The maximum absolute atomic E-state index is 12.9. The standard InChI is InChI=1S/C12H6Br2F3NO/c13-7-2-1-3-9(4-7)19-11-10(12(15,16)17)5-8(14)6-18-11/h1-6H. The lowest BCUT2D eigenvalue weighted by molar-refractivity contribution is -0.138. The number of rotatable bonds is 2. The fourth-order valence-electron chi connectivity index (χ4n) is 1.35. The lowest BCUT2D eigenvalue weighted by atomic mass is 10.2. The summed E-state index contributed by atoms with van der Waals surface area (Å²) in [5.41, 5.74) is -0.929. The van der Waals surface area contributed by atoms with Crippen LogP contribution in [0.5, 0.6) is 11.6 Å². The Morgan fingerprint density at radius 1 is 1.05 bits per heavy atom. The van der Waals surface area contributed by atoms with Crippen molar-refractivity contribution < 1.29 is 17.9 Å². The molecule has 0 unspecified atom stereocenters. The first-order valence-corrected chi connectivity index (χ1v) is 6.61. The molecule has 0 aliphatic carbocycles. The number of nitrogens with zero attached hydrogens (tertiary/aromatic N) is 1. The predicted molar refractivity (Wildman–Crippen MR) is 71.2 cm³/mol. The van der Waals surface area contributed by atoms with E-state index in [9.17, 15) is 13.2 Å². The van der Waals surface area contributed by atoms with Crippen molar-refractivity contribution in [1.82, 2.24) is 4.98 Å². The fraction of sp³-hybridized carbons (Fsp3) is 0.0833. The van der Waals surface area contributed by atoms with Crippen LogP contribution < -0.4 is 4.74 Å². The third-order valence-electron chi connectivity index (χ3n) is 2.13. The first-order valence-electron chi connectivity index (χ1n) is 5.02. The molecule has 0 aliphatic heterocycles. The van der Waals surface area contributed by atoms with Crippen molar-refractivity contribution in [2.45, 2.75) is 6.18 Å². The van der Waals surface area contributed by atoms with E-state index in [-0.39, 0.29) is 10.2 Å². The monoisotopic (exact) mass is 395 g/mol. The summed E-state index contributed by atoms with van der Waals surface area (Å²) in [6.07, 6.45) is -3.28. The average Bonchev–Trinajstić information content (AvgIpc) is 2.30. The molecule has 0 spiro atoms. The van der Waals surface area contributed by atoms with Gasteiger partial charge in [-0.25, -0.2) is 4.98 Å². The SMILES string of the molecule is FC(F)(F)c1cc(Br)cnc1Oc1cccc(Br)c1. The van der Waals surface area contributed by atoms with Gasteiger partial charge in [-0.05, 0) is 40.2 Å². The first kappa shape index (κ1) is 14.3. The Balaban J connectivity index is 2.40. The molecule has 0 N–H and O–H groups in total. The average molecular weight is 397 g/mol. The number of halogens is 5. The highest BCUT2D eigenvalue weighted by Crippen LogP contribution is 2.38. The van der Waals surface area contributed by atoms with E-state index in [0.717, 1.165) is 6.07 Å². The number of pyridine rings is 1. The molecule has 1 heterocycles. The number of alkyl halides is 3. The van der Waals surface area contributed by atoms with Crippen LogP contribution in [0.2, 0.25) is 0 Å². The van der Waals surface area contributed by atoms with Gasteiger partial charge in [-0.3, -0.25) is 0 Å². The number of ether oxygens (including phenoxy) is 1. The normalized spacial score (nSPS) is 11.4. The minimum Gasteiger partial charge on any atom is -0.438 e. The van der Waals surface area contributed by atoms with Crippen molar-refractivity contribution >= 4 is 31.9 Å². The van der Waals surface area contributed by atoms with Crippen LogP contribution in [-0.2, 0) is 6.18 Å². The molecule has 0 amide bonds.